The number of pyridine rings is 1. The molecule has 1 aliphatic heterocycles. The molecule has 4 heteroatoms. The van der Waals surface area contributed by atoms with Gasteiger partial charge in [0.2, 0.25) is 0 Å². The third-order valence-electron chi connectivity index (χ3n) is 2.90. The van der Waals surface area contributed by atoms with E-state index < -0.39 is 0 Å². The molecule has 102 valence electrons. The van der Waals surface area contributed by atoms with Gasteiger partial charge in [0.15, 0.2) is 5.76 Å². The molecule has 0 saturated heterocycles. The molecule has 3 rings (SSSR count). The zero-order valence-electron chi connectivity index (χ0n) is 11.0. The number of rotatable bonds is 4. The van der Waals surface area contributed by atoms with E-state index in [9.17, 15) is 0 Å². The standard InChI is InChI=1S/C16H15NO2S/c1-2-5-13(6-3-1)12-20-16-14(7-4-8-17-16)15-11-18-9-10-19-15/h1-8,11H,9-10,12H2. The van der Waals surface area contributed by atoms with Crippen molar-refractivity contribution in [1.29, 1.82) is 0 Å². The van der Waals surface area contributed by atoms with Crippen molar-refractivity contribution in [2.45, 2.75) is 10.8 Å². The van der Waals surface area contributed by atoms with Crippen LogP contribution >= 0.6 is 11.8 Å². The summed E-state index contributed by atoms with van der Waals surface area (Å²) in [6, 6.07) is 14.3. The van der Waals surface area contributed by atoms with Crippen molar-refractivity contribution in [2.24, 2.45) is 0 Å². The first-order chi connectivity index (χ1) is 9.93. The molecule has 3 nitrogen and oxygen atoms in total. The van der Waals surface area contributed by atoms with Gasteiger partial charge in [-0.15, -0.1) is 11.8 Å². The summed E-state index contributed by atoms with van der Waals surface area (Å²) < 4.78 is 11.0. The van der Waals surface area contributed by atoms with Crippen LogP contribution in [0.4, 0.5) is 0 Å². The molecule has 1 aliphatic rings. The molecule has 0 aliphatic carbocycles. The summed E-state index contributed by atoms with van der Waals surface area (Å²) in [5.74, 6) is 1.65. The van der Waals surface area contributed by atoms with E-state index >= 15 is 0 Å². The van der Waals surface area contributed by atoms with E-state index in [1.54, 1.807) is 24.2 Å². The molecule has 20 heavy (non-hydrogen) atoms. The lowest BCUT2D eigenvalue weighted by Crippen LogP contribution is -2.08. The van der Waals surface area contributed by atoms with Crippen LogP contribution in [0.5, 0.6) is 0 Å². The first-order valence-electron chi connectivity index (χ1n) is 6.50. The first-order valence-corrected chi connectivity index (χ1v) is 7.49. The SMILES string of the molecule is C1=C(c2cccnc2SCc2ccccc2)OCCO1. The van der Waals surface area contributed by atoms with E-state index in [1.807, 2.05) is 18.2 Å². The molecule has 2 aromatic rings. The maximum Gasteiger partial charge on any atom is 0.163 e. The van der Waals surface area contributed by atoms with Crippen molar-refractivity contribution in [3.63, 3.8) is 0 Å². The van der Waals surface area contributed by atoms with Crippen molar-refractivity contribution in [2.75, 3.05) is 13.2 Å². The molecular weight excluding hydrogens is 270 g/mol. The lowest BCUT2D eigenvalue weighted by Gasteiger charge is -2.17. The molecule has 2 heterocycles. The highest BCUT2D eigenvalue weighted by Gasteiger charge is 2.13. The Bertz CT molecular complexity index is 598. The molecule has 0 spiro atoms. The molecule has 0 saturated carbocycles. The molecule has 0 bridgehead atoms. The van der Waals surface area contributed by atoms with Gasteiger partial charge in [-0.1, -0.05) is 30.3 Å². The number of ether oxygens (including phenoxy) is 2. The highest BCUT2D eigenvalue weighted by atomic mass is 32.2. The van der Waals surface area contributed by atoms with E-state index in [1.165, 1.54) is 5.56 Å². The Morgan fingerprint density at radius 2 is 1.95 bits per heavy atom. The molecule has 0 fully saturated rings. The fourth-order valence-corrected chi connectivity index (χ4v) is 2.88. The summed E-state index contributed by atoms with van der Waals surface area (Å²) in [5.41, 5.74) is 2.28. The number of benzene rings is 1. The van der Waals surface area contributed by atoms with E-state index in [2.05, 4.69) is 29.2 Å². The second-order valence-electron chi connectivity index (χ2n) is 4.33. The molecule has 0 unspecified atom stereocenters. The minimum Gasteiger partial charge on any atom is -0.494 e. The van der Waals surface area contributed by atoms with Gasteiger partial charge in [0.25, 0.3) is 0 Å². The first kappa shape index (κ1) is 13.1. The predicted molar refractivity (Wildman–Crippen MR) is 80.1 cm³/mol. The van der Waals surface area contributed by atoms with Crippen LogP contribution in [0.3, 0.4) is 0 Å². The van der Waals surface area contributed by atoms with Gasteiger partial charge in [0.05, 0.1) is 5.56 Å². The van der Waals surface area contributed by atoms with Gasteiger partial charge in [-0.2, -0.15) is 0 Å². The highest BCUT2D eigenvalue weighted by Crippen LogP contribution is 2.30. The topological polar surface area (TPSA) is 31.4 Å². The van der Waals surface area contributed by atoms with E-state index in [4.69, 9.17) is 9.47 Å². The van der Waals surface area contributed by atoms with Crippen LogP contribution in [0.1, 0.15) is 11.1 Å². The van der Waals surface area contributed by atoms with Gasteiger partial charge >= 0.3 is 0 Å². The van der Waals surface area contributed by atoms with Crippen LogP contribution < -0.4 is 0 Å². The predicted octanol–water partition coefficient (Wildman–Crippen LogP) is 3.72. The van der Waals surface area contributed by atoms with Crippen LogP contribution in [0, 0.1) is 0 Å². The minimum absolute atomic E-state index is 0.587. The molecule has 1 aromatic carbocycles. The van der Waals surface area contributed by atoms with Crippen LogP contribution in [0.2, 0.25) is 0 Å². The van der Waals surface area contributed by atoms with Gasteiger partial charge in [-0.3, -0.25) is 0 Å². The Balaban J connectivity index is 1.78. The van der Waals surface area contributed by atoms with E-state index in [0.29, 0.717) is 13.2 Å². The average Bonchev–Trinajstić information content (AvgIpc) is 2.55. The van der Waals surface area contributed by atoms with Gasteiger partial charge < -0.3 is 9.47 Å². The summed E-state index contributed by atoms with van der Waals surface area (Å²) in [6.07, 6.45) is 3.48. The Morgan fingerprint density at radius 3 is 2.75 bits per heavy atom. The van der Waals surface area contributed by atoms with Crippen molar-refractivity contribution in [3.05, 3.63) is 66.1 Å². The minimum atomic E-state index is 0.587. The van der Waals surface area contributed by atoms with Gasteiger partial charge in [-0.25, -0.2) is 4.98 Å². The third-order valence-corrected chi connectivity index (χ3v) is 3.98. The van der Waals surface area contributed by atoms with Crippen LogP contribution in [0.25, 0.3) is 5.76 Å². The third kappa shape index (κ3) is 3.14. The Morgan fingerprint density at radius 1 is 1.05 bits per heavy atom. The van der Waals surface area contributed by atoms with Gasteiger partial charge in [-0.05, 0) is 17.7 Å². The maximum atomic E-state index is 5.64. The Kier molecular flexibility index (Phi) is 4.23. The fourth-order valence-electron chi connectivity index (χ4n) is 1.93. The van der Waals surface area contributed by atoms with Crippen molar-refractivity contribution < 1.29 is 9.47 Å². The van der Waals surface area contributed by atoms with Crippen LogP contribution in [0.15, 0.2) is 59.9 Å². The van der Waals surface area contributed by atoms with E-state index in [-0.39, 0.29) is 0 Å². The number of hydrogen-bond acceptors (Lipinski definition) is 4. The second-order valence-corrected chi connectivity index (χ2v) is 5.30. The fraction of sp³-hybridized carbons (Fsp3) is 0.188. The zero-order valence-corrected chi connectivity index (χ0v) is 11.8. The lowest BCUT2D eigenvalue weighted by molar-refractivity contribution is 0.125. The maximum absolute atomic E-state index is 5.64. The van der Waals surface area contributed by atoms with Gasteiger partial charge in [0.1, 0.15) is 24.5 Å². The molecule has 0 N–H and O–H groups in total. The van der Waals surface area contributed by atoms with E-state index in [0.717, 1.165) is 22.1 Å². The van der Waals surface area contributed by atoms with Crippen LogP contribution in [-0.2, 0) is 15.2 Å². The summed E-state index contributed by atoms with van der Waals surface area (Å²) in [6.45, 7) is 1.19. The number of hydrogen-bond donors (Lipinski definition) is 0. The summed E-state index contributed by atoms with van der Waals surface area (Å²) in [4.78, 5) is 4.46. The molecule has 0 radical (unpaired) electrons. The Hall–Kier alpha value is -1.94. The number of thioether (sulfide) groups is 1. The van der Waals surface area contributed by atoms with Gasteiger partial charge in [0, 0.05) is 11.9 Å². The quantitative estimate of drug-likeness (QED) is 0.801. The van der Waals surface area contributed by atoms with Crippen molar-refractivity contribution >= 4 is 17.5 Å². The molecule has 0 atom stereocenters. The van der Waals surface area contributed by atoms with Crippen molar-refractivity contribution in [3.8, 4) is 0 Å². The summed E-state index contributed by atoms with van der Waals surface area (Å²) in [7, 11) is 0. The second kappa shape index (κ2) is 6.48. The highest BCUT2D eigenvalue weighted by molar-refractivity contribution is 7.98. The number of nitrogens with zero attached hydrogens (tertiary/aromatic N) is 1. The number of aromatic nitrogens is 1. The van der Waals surface area contributed by atoms with Crippen LogP contribution in [-0.4, -0.2) is 18.2 Å². The summed E-state index contributed by atoms with van der Waals surface area (Å²) >= 11 is 1.71. The van der Waals surface area contributed by atoms with Crippen molar-refractivity contribution in [1.82, 2.24) is 4.98 Å². The monoisotopic (exact) mass is 285 g/mol. The largest absolute Gasteiger partial charge is 0.494 e. The molecular formula is C16H15NO2S. The zero-order chi connectivity index (χ0) is 13.6. The average molecular weight is 285 g/mol. The Labute approximate surface area is 122 Å². The lowest BCUT2D eigenvalue weighted by atomic mass is 10.2. The summed E-state index contributed by atoms with van der Waals surface area (Å²) in [5, 5.41) is 0.966. The molecule has 1 aromatic heterocycles. The molecule has 0 amide bonds. The normalized spacial score (nSPS) is 14.1. The smallest absolute Gasteiger partial charge is 0.163 e.